The van der Waals surface area contributed by atoms with Crippen molar-refractivity contribution < 1.29 is 14.4 Å². The minimum absolute atomic E-state index is 0.278. The highest BCUT2D eigenvalue weighted by atomic mass is 35.5. The maximum Gasteiger partial charge on any atom is 0.308 e. The number of halogens is 3. The number of anilines is 2. The fraction of sp³-hybridized carbons (Fsp3) is 0.148. The van der Waals surface area contributed by atoms with Crippen LogP contribution in [-0.2, 0) is 20.9 Å². The van der Waals surface area contributed by atoms with Crippen LogP contribution in [0.15, 0.2) is 76.8 Å². The van der Waals surface area contributed by atoms with Crippen LogP contribution in [0.3, 0.4) is 0 Å². The van der Waals surface area contributed by atoms with Crippen LogP contribution in [0.2, 0.25) is 15.1 Å². The number of imide groups is 1. The maximum absolute atomic E-state index is 13.8. The van der Waals surface area contributed by atoms with Crippen molar-refractivity contribution in [2.75, 3.05) is 10.2 Å². The van der Waals surface area contributed by atoms with Crippen molar-refractivity contribution in [1.82, 2.24) is 9.55 Å². The quantitative estimate of drug-likeness (QED) is 0.284. The molecule has 8 nitrogen and oxygen atoms in total. The molecule has 1 N–H and O–H groups in total. The van der Waals surface area contributed by atoms with Gasteiger partial charge in [0.15, 0.2) is 0 Å². The summed E-state index contributed by atoms with van der Waals surface area (Å²) in [6.45, 7) is -0.294. The zero-order valence-corrected chi connectivity index (χ0v) is 24.1. The van der Waals surface area contributed by atoms with Gasteiger partial charge in [-0.25, -0.2) is 4.90 Å². The molecule has 40 heavy (non-hydrogen) atoms. The second kappa shape index (κ2) is 10.7. The van der Waals surface area contributed by atoms with Gasteiger partial charge in [0.25, 0.3) is 0 Å². The lowest BCUT2D eigenvalue weighted by atomic mass is 9.84. The smallest absolute Gasteiger partial charge is 0.308 e. The maximum atomic E-state index is 13.8. The minimum atomic E-state index is -0.806. The molecule has 6 rings (SSSR count). The Morgan fingerprint density at radius 3 is 2.45 bits per heavy atom. The number of carbonyl (C=O) groups is 3. The normalized spacial score (nSPS) is 19.9. The molecular weight excluding hydrogens is 615 g/mol. The van der Waals surface area contributed by atoms with Gasteiger partial charge in [0.1, 0.15) is 11.8 Å². The Kier molecular flexibility index (Phi) is 7.22. The van der Waals surface area contributed by atoms with Crippen LogP contribution in [0.1, 0.15) is 16.4 Å². The van der Waals surface area contributed by atoms with Crippen molar-refractivity contribution in [1.29, 1.82) is 0 Å². The highest BCUT2D eigenvalue weighted by Crippen LogP contribution is 2.53. The summed E-state index contributed by atoms with van der Waals surface area (Å²) in [6, 6.07) is 14.7. The molecule has 13 heteroatoms. The van der Waals surface area contributed by atoms with Crippen LogP contribution >= 0.6 is 57.9 Å². The van der Waals surface area contributed by atoms with Crippen LogP contribution in [0.4, 0.5) is 11.4 Å². The molecule has 4 heterocycles. The summed E-state index contributed by atoms with van der Waals surface area (Å²) < 4.78 is 1.35. The molecule has 2 aromatic heterocycles. The largest absolute Gasteiger partial charge is 0.324 e. The number of benzene rings is 2. The average molecular weight is 632 g/mol. The number of thiazole rings is 1. The zero-order valence-electron chi connectivity index (χ0n) is 20.2. The Balaban J connectivity index is 1.39. The Morgan fingerprint density at radius 2 is 1.75 bits per heavy atom. The summed E-state index contributed by atoms with van der Waals surface area (Å²) in [4.78, 5) is 59.4. The zero-order chi connectivity index (χ0) is 28.1. The molecule has 202 valence electrons. The van der Waals surface area contributed by atoms with E-state index in [1.165, 1.54) is 15.5 Å². The van der Waals surface area contributed by atoms with Gasteiger partial charge in [0.2, 0.25) is 17.7 Å². The predicted molar refractivity (Wildman–Crippen MR) is 157 cm³/mol. The number of carbonyl (C=O) groups excluding carboxylic acids is 3. The van der Waals surface area contributed by atoms with Gasteiger partial charge in [0, 0.05) is 33.9 Å². The van der Waals surface area contributed by atoms with E-state index < -0.39 is 28.9 Å². The highest BCUT2D eigenvalue weighted by Gasteiger charge is 2.56. The first-order valence-electron chi connectivity index (χ1n) is 11.9. The summed E-state index contributed by atoms with van der Waals surface area (Å²) in [6.07, 6.45) is 3.25. The molecule has 3 atom stereocenters. The van der Waals surface area contributed by atoms with Gasteiger partial charge in [-0.1, -0.05) is 64.0 Å². The number of hydrogen-bond acceptors (Lipinski definition) is 7. The van der Waals surface area contributed by atoms with Crippen molar-refractivity contribution in [3.8, 4) is 0 Å². The average Bonchev–Trinajstić information content (AvgIpc) is 3.38. The highest BCUT2D eigenvalue weighted by molar-refractivity contribution is 8.00. The van der Waals surface area contributed by atoms with Crippen molar-refractivity contribution in [3.05, 3.63) is 102 Å². The van der Waals surface area contributed by atoms with Gasteiger partial charge < -0.3 is 5.32 Å². The summed E-state index contributed by atoms with van der Waals surface area (Å²) in [5.74, 6) is -2.58. The van der Waals surface area contributed by atoms with E-state index in [0.717, 1.165) is 23.1 Å². The lowest BCUT2D eigenvalue weighted by molar-refractivity contribution is -0.122. The SMILES string of the molecule is O=C(Cn1c2c(sc1=O)[C@H](c1cccnc1)C1C(=O)N(c3ccc(Cl)cc3)C(=O)C1S2)Nc1ccc(Cl)c(Cl)c1. The Morgan fingerprint density at radius 1 is 0.975 bits per heavy atom. The summed E-state index contributed by atoms with van der Waals surface area (Å²) in [5, 5.41) is 3.50. The Hall–Kier alpha value is -3.15. The molecule has 1 saturated heterocycles. The van der Waals surface area contributed by atoms with Crippen LogP contribution < -0.4 is 15.1 Å². The van der Waals surface area contributed by atoms with Gasteiger partial charge in [-0.15, -0.1) is 0 Å². The van der Waals surface area contributed by atoms with E-state index in [0.29, 0.717) is 36.9 Å². The second-order valence-corrected chi connectivity index (χ2v) is 12.5. The number of hydrogen-bond donors (Lipinski definition) is 1. The van der Waals surface area contributed by atoms with E-state index in [9.17, 15) is 19.2 Å². The van der Waals surface area contributed by atoms with E-state index in [-0.39, 0.29) is 22.3 Å². The van der Waals surface area contributed by atoms with Gasteiger partial charge in [0.05, 0.1) is 26.7 Å². The molecule has 2 aliphatic rings. The summed E-state index contributed by atoms with van der Waals surface area (Å²) >= 11 is 20.1. The van der Waals surface area contributed by atoms with E-state index >= 15 is 0 Å². The predicted octanol–water partition coefficient (Wildman–Crippen LogP) is 5.70. The lowest BCUT2D eigenvalue weighted by Crippen LogP contribution is -2.33. The lowest BCUT2D eigenvalue weighted by Gasteiger charge is -2.30. The molecular formula is C27H17Cl3N4O4S2. The number of thioether (sulfide) groups is 1. The molecule has 0 bridgehead atoms. The number of fused-ring (bicyclic) bond motifs is 2. The summed E-state index contributed by atoms with van der Waals surface area (Å²) in [5.41, 5.74) is 1.54. The standard InChI is InChI=1S/C27H17Cl3N4O4S2/c28-14-3-6-16(7-4-14)34-24(36)21-20(13-2-1-9-31-11-13)23-26(39-22(21)25(34)37)33(27(38)40-23)12-19(35)32-15-5-8-17(29)18(30)10-15/h1-11,20-22H,12H2,(H,32,35)/t20-,21?,22?/m1/s1. The van der Waals surface area contributed by atoms with Crippen molar-refractivity contribution in [2.24, 2.45) is 5.92 Å². The fourth-order valence-corrected chi connectivity index (χ4v) is 8.13. The van der Waals surface area contributed by atoms with Crippen LogP contribution in [-0.4, -0.2) is 32.5 Å². The van der Waals surface area contributed by atoms with Crippen LogP contribution in [0.5, 0.6) is 0 Å². The topological polar surface area (TPSA) is 101 Å². The number of aromatic nitrogens is 2. The monoisotopic (exact) mass is 630 g/mol. The van der Waals surface area contributed by atoms with E-state index in [4.69, 9.17) is 34.8 Å². The number of nitrogens with one attached hydrogen (secondary N) is 1. The third-order valence-electron chi connectivity index (χ3n) is 6.68. The van der Waals surface area contributed by atoms with E-state index in [1.54, 1.807) is 54.9 Å². The second-order valence-electron chi connectivity index (χ2n) is 9.12. The third kappa shape index (κ3) is 4.73. The first-order valence-corrected chi connectivity index (χ1v) is 14.7. The molecule has 1 fully saturated rings. The molecule has 2 aromatic carbocycles. The number of rotatable bonds is 5. The van der Waals surface area contributed by atoms with Crippen molar-refractivity contribution in [2.45, 2.75) is 22.7 Å². The molecule has 0 spiro atoms. The van der Waals surface area contributed by atoms with Gasteiger partial charge in [-0.05, 0) is 54.1 Å². The molecule has 3 amide bonds. The number of pyridine rings is 1. The first kappa shape index (κ1) is 27.0. The number of nitrogens with zero attached hydrogens (tertiary/aromatic N) is 3. The van der Waals surface area contributed by atoms with Crippen molar-refractivity contribution >= 4 is 87.0 Å². The number of amides is 3. The van der Waals surface area contributed by atoms with Crippen LogP contribution in [0.25, 0.3) is 0 Å². The van der Waals surface area contributed by atoms with Crippen LogP contribution in [0, 0.1) is 5.92 Å². The van der Waals surface area contributed by atoms with Gasteiger partial charge in [-0.2, -0.15) is 0 Å². The third-order valence-corrected chi connectivity index (χ3v) is 10.3. The molecule has 0 aliphatic carbocycles. The molecule has 4 aromatic rings. The Bertz CT molecular complexity index is 1730. The molecule has 2 aliphatic heterocycles. The molecule has 0 radical (unpaired) electrons. The summed E-state index contributed by atoms with van der Waals surface area (Å²) in [7, 11) is 0. The Labute approximate surface area is 250 Å². The van der Waals surface area contributed by atoms with Crippen molar-refractivity contribution in [3.63, 3.8) is 0 Å². The van der Waals surface area contributed by atoms with Gasteiger partial charge in [-0.3, -0.25) is 28.7 Å². The van der Waals surface area contributed by atoms with Gasteiger partial charge >= 0.3 is 4.87 Å². The molecule has 2 unspecified atom stereocenters. The molecule has 0 saturated carbocycles. The van der Waals surface area contributed by atoms with E-state index in [2.05, 4.69) is 10.3 Å². The fourth-order valence-electron chi connectivity index (χ4n) is 4.94. The minimum Gasteiger partial charge on any atom is -0.324 e. The first-order chi connectivity index (χ1) is 19.2. The van der Waals surface area contributed by atoms with E-state index in [1.807, 2.05) is 6.07 Å².